The van der Waals surface area contributed by atoms with Crippen LogP contribution in [0.4, 0.5) is 0 Å². The Bertz CT molecular complexity index is 114. The minimum atomic E-state index is 0.925. The summed E-state index contributed by atoms with van der Waals surface area (Å²) in [6.45, 7) is 4.47. The van der Waals surface area contributed by atoms with E-state index >= 15 is 0 Å². The zero-order valence-electron chi connectivity index (χ0n) is 6.29. The first-order valence-corrected chi connectivity index (χ1v) is 4.10. The van der Waals surface area contributed by atoms with Gasteiger partial charge in [0.25, 0.3) is 0 Å². The third-order valence-electron chi connectivity index (χ3n) is 2.41. The Kier molecular flexibility index (Phi) is 1.64. The minimum absolute atomic E-state index is 0.925. The van der Waals surface area contributed by atoms with Crippen LogP contribution in [0, 0.1) is 0 Å². The number of hydrogen-bond donors (Lipinski definition) is 1. The fourth-order valence-corrected chi connectivity index (χ4v) is 1.54. The summed E-state index contributed by atoms with van der Waals surface area (Å²) in [6, 6.07) is 0.925. The van der Waals surface area contributed by atoms with E-state index in [2.05, 4.69) is 4.90 Å². The van der Waals surface area contributed by atoms with Crippen LogP contribution in [-0.4, -0.2) is 42.1 Å². The zero-order valence-corrected chi connectivity index (χ0v) is 6.29. The molecule has 1 aliphatic carbocycles. The molecule has 2 N–H and O–H groups in total. The molecule has 0 amide bonds. The quantitative estimate of drug-likeness (QED) is 0.506. The molecule has 10 heavy (non-hydrogen) atoms. The predicted octanol–water partition coefficient (Wildman–Crippen LogP) is -0.360. The van der Waals surface area contributed by atoms with Crippen molar-refractivity contribution in [2.75, 3.05) is 26.2 Å². The Hall–Kier alpha value is -0.120. The van der Waals surface area contributed by atoms with E-state index in [9.17, 15) is 0 Å². The molecule has 0 aromatic carbocycles. The van der Waals surface area contributed by atoms with E-state index in [0.717, 1.165) is 19.1 Å². The third-order valence-corrected chi connectivity index (χ3v) is 2.41. The van der Waals surface area contributed by atoms with E-state index in [0.29, 0.717) is 0 Å². The number of piperazine rings is 1. The van der Waals surface area contributed by atoms with Crippen LogP contribution < -0.4 is 5.84 Å². The van der Waals surface area contributed by atoms with Gasteiger partial charge in [0.05, 0.1) is 0 Å². The summed E-state index contributed by atoms with van der Waals surface area (Å²) >= 11 is 0. The van der Waals surface area contributed by atoms with E-state index in [1.165, 1.54) is 25.9 Å². The third kappa shape index (κ3) is 1.31. The molecule has 0 aromatic heterocycles. The van der Waals surface area contributed by atoms with Crippen LogP contribution in [0.5, 0.6) is 0 Å². The smallest absolute Gasteiger partial charge is 0.0257 e. The molecule has 0 aromatic rings. The molecule has 0 radical (unpaired) electrons. The Labute approximate surface area is 61.7 Å². The van der Waals surface area contributed by atoms with Crippen LogP contribution >= 0.6 is 0 Å². The maximum atomic E-state index is 5.62. The lowest BCUT2D eigenvalue weighted by Crippen LogP contribution is -2.49. The van der Waals surface area contributed by atoms with Gasteiger partial charge >= 0.3 is 0 Å². The molecule has 0 spiro atoms. The van der Waals surface area contributed by atoms with Gasteiger partial charge in [-0.2, -0.15) is 0 Å². The first kappa shape index (κ1) is 6.58. The van der Waals surface area contributed by atoms with Gasteiger partial charge in [0, 0.05) is 32.2 Å². The fraction of sp³-hybridized carbons (Fsp3) is 1.00. The summed E-state index contributed by atoms with van der Waals surface area (Å²) in [6.07, 6.45) is 2.84. The van der Waals surface area contributed by atoms with E-state index in [-0.39, 0.29) is 0 Å². The summed E-state index contributed by atoms with van der Waals surface area (Å²) in [5.41, 5.74) is 0. The van der Waals surface area contributed by atoms with Crippen molar-refractivity contribution in [2.24, 2.45) is 5.84 Å². The molecule has 3 nitrogen and oxygen atoms in total. The van der Waals surface area contributed by atoms with Crippen molar-refractivity contribution in [1.82, 2.24) is 9.91 Å². The summed E-state index contributed by atoms with van der Waals surface area (Å²) in [7, 11) is 0. The number of rotatable bonds is 1. The Morgan fingerprint density at radius 2 is 1.60 bits per heavy atom. The highest BCUT2D eigenvalue weighted by Crippen LogP contribution is 2.26. The van der Waals surface area contributed by atoms with E-state index in [4.69, 9.17) is 5.84 Å². The number of nitrogens with two attached hydrogens (primary N) is 1. The molecule has 1 saturated carbocycles. The van der Waals surface area contributed by atoms with Gasteiger partial charge in [0.1, 0.15) is 0 Å². The van der Waals surface area contributed by atoms with Crippen LogP contribution in [0.1, 0.15) is 12.8 Å². The van der Waals surface area contributed by atoms with Crippen molar-refractivity contribution in [3.05, 3.63) is 0 Å². The van der Waals surface area contributed by atoms with Gasteiger partial charge in [0.2, 0.25) is 0 Å². The highest BCUT2D eigenvalue weighted by Gasteiger charge is 2.30. The standard InChI is InChI=1S/C7H15N3/c8-10-5-3-9(4-6-10)7-1-2-7/h7H,1-6,8H2. The number of hydrogen-bond acceptors (Lipinski definition) is 3. The Morgan fingerprint density at radius 3 is 2.10 bits per heavy atom. The monoisotopic (exact) mass is 141 g/mol. The topological polar surface area (TPSA) is 32.5 Å². The maximum absolute atomic E-state index is 5.62. The van der Waals surface area contributed by atoms with Gasteiger partial charge in [-0.3, -0.25) is 10.7 Å². The largest absolute Gasteiger partial charge is 0.298 e. The van der Waals surface area contributed by atoms with Gasteiger partial charge in [0.15, 0.2) is 0 Å². The molecule has 1 saturated heterocycles. The van der Waals surface area contributed by atoms with E-state index in [1.54, 1.807) is 0 Å². The summed E-state index contributed by atoms with van der Waals surface area (Å²) in [5.74, 6) is 5.62. The molecule has 0 unspecified atom stereocenters. The van der Waals surface area contributed by atoms with Crippen molar-refractivity contribution in [3.8, 4) is 0 Å². The van der Waals surface area contributed by atoms with E-state index in [1.807, 2.05) is 5.01 Å². The van der Waals surface area contributed by atoms with Crippen LogP contribution in [0.25, 0.3) is 0 Å². The Morgan fingerprint density at radius 1 is 1.00 bits per heavy atom. The minimum Gasteiger partial charge on any atom is -0.298 e. The van der Waals surface area contributed by atoms with Crippen molar-refractivity contribution in [3.63, 3.8) is 0 Å². The lowest BCUT2D eigenvalue weighted by molar-refractivity contribution is 0.128. The predicted molar refractivity (Wildman–Crippen MR) is 40.4 cm³/mol. The molecule has 1 heterocycles. The van der Waals surface area contributed by atoms with Crippen molar-refractivity contribution in [1.29, 1.82) is 0 Å². The zero-order chi connectivity index (χ0) is 6.97. The first-order valence-electron chi connectivity index (χ1n) is 4.10. The summed E-state index contributed by atoms with van der Waals surface area (Å²) < 4.78 is 0. The first-order chi connectivity index (χ1) is 4.86. The van der Waals surface area contributed by atoms with E-state index < -0.39 is 0 Å². The fourth-order valence-electron chi connectivity index (χ4n) is 1.54. The van der Waals surface area contributed by atoms with Gasteiger partial charge < -0.3 is 0 Å². The highest BCUT2D eigenvalue weighted by atomic mass is 15.4. The average Bonchev–Trinajstić information content (AvgIpc) is 2.71. The van der Waals surface area contributed by atoms with Gasteiger partial charge in [-0.05, 0) is 12.8 Å². The average molecular weight is 141 g/mol. The highest BCUT2D eigenvalue weighted by molar-refractivity contribution is 4.86. The molecule has 0 atom stereocenters. The molecule has 2 aliphatic rings. The number of nitrogens with zero attached hydrogens (tertiary/aromatic N) is 2. The number of hydrazine groups is 1. The van der Waals surface area contributed by atoms with Gasteiger partial charge in [-0.15, -0.1) is 0 Å². The molecular weight excluding hydrogens is 126 g/mol. The van der Waals surface area contributed by atoms with Crippen molar-refractivity contribution >= 4 is 0 Å². The molecular formula is C7H15N3. The second kappa shape index (κ2) is 2.49. The maximum Gasteiger partial charge on any atom is 0.0257 e. The SMILES string of the molecule is NN1CCN(C2CC2)CC1. The lowest BCUT2D eigenvalue weighted by Gasteiger charge is -2.31. The van der Waals surface area contributed by atoms with Crippen molar-refractivity contribution in [2.45, 2.75) is 18.9 Å². The summed E-state index contributed by atoms with van der Waals surface area (Å²) in [4.78, 5) is 2.56. The molecule has 58 valence electrons. The molecule has 1 aliphatic heterocycles. The van der Waals surface area contributed by atoms with Crippen LogP contribution in [0.15, 0.2) is 0 Å². The second-order valence-electron chi connectivity index (χ2n) is 3.30. The molecule has 2 fully saturated rings. The van der Waals surface area contributed by atoms with Crippen LogP contribution in [-0.2, 0) is 0 Å². The van der Waals surface area contributed by atoms with Gasteiger partial charge in [-0.1, -0.05) is 0 Å². The summed E-state index contributed by atoms with van der Waals surface area (Å²) in [5, 5.41) is 1.92. The lowest BCUT2D eigenvalue weighted by atomic mass is 10.3. The molecule has 2 rings (SSSR count). The van der Waals surface area contributed by atoms with Crippen LogP contribution in [0.3, 0.4) is 0 Å². The molecule has 3 heteroatoms. The Balaban J connectivity index is 1.79. The second-order valence-corrected chi connectivity index (χ2v) is 3.30. The molecule has 0 bridgehead atoms. The van der Waals surface area contributed by atoms with Crippen molar-refractivity contribution < 1.29 is 0 Å². The normalized spacial score (nSPS) is 30.9. The van der Waals surface area contributed by atoms with Crippen LogP contribution in [0.2, 0.25) is 0 Å². The van der Waals surface area contributed by atoms with Gasteiger partial charge in [-0.25, -0.2) is 5.01 Å².